The Morgan fingerprint density at radius 1 is 1.00 bits per heavy atom. The van der Waals surface area contributed by atoms with Crippen molar-refractivity contribution in [1.82, 2.24) is 0 Å². The van der Waals surface area contributed by atoms with Gasteiger partial charge in [-0.2, -0.15) is 0 Å². The van der Waals surface area contributed by atoms with Crippen LogP contribution in [-0.4, -0.2) is 60.0 Å². The second-order valence-corrected chi connectivity index (χ2v) is 27.0. The van der Waals surface area contributed by atoms with Crippen molar-refractivity contribution in [2.45, 2.75) is 0 Å². The van der Waals surface area contributed by atoms with Crippen molar-refractivity contribution in [3.63, 3.8) is 0 Å². The molecule has 0 atom stereocenters. The summed E-state index contributed by atoms with van der Waals surface area (Å²) in [6.45, 7) is 0. The van der Waals surface area contributed by atoms with Crippen molar-refractivity contribution < 1.29 is 0 Å². The summed E-state index contributed by atoms with van der Waals surface area (Å²) in [4.78, 5) is 0. The van der Waals surface area contributed by atoms with Gasteiger partial charge in [-0.05, 0) is 0 Å². The van der Waals surface area contributed by atoms with E-state index in [4.69, 9.17) is 0 Å². The Balaban J connectivity index is 1.97. The zero-order valence-electron chi connectivity index (χ0n) is 1.71. The Morgan fingerprint density at radius 3 is 1.25 bits per heavy atom. The van der Waals surface area contributed by atoms with Gasteiger partial charge in [0.1, 0.15) is 0 Å². The molecular weight excluding hydrogens is 413 g/mol. The van der Waals surface area contributed by atoms with Crippen LogP contribution in [0.5, 0.6) is 0 Å². The third-order valence-corrected chi connectivity index (χ3v) is 40.5. The van der Waals surface area contributed by atoms with Gasteiger partial charge < -0.3 is 0 Å². The summed E-state index contributed by atoms with van der Waals surface area (Å²) in [5, 5.41) is 0. The van der Waals surface area contributed by atoms with Gasteiger partial charge >= 0.3 is 60.0 Å². The van der Waals surface area contributed by atoms with Gasteiger partial charge in [0.15, 0.2) is 0 Å². The Morgan fingerprint density at radius 2 is 1.25 bits per heavy atom. The fourth-order valence-corrected chi connectivity index (χ4v) is 0. The van der Waals surface area contributed by atoms with Crippen LogP contribution in [0.25, 0.3) is 0 Å². The molecule has 0 spiro atoms. The number of hydrogen-bond acceptors (Lipinski definition) is 0. The van der Waals surface area contributed by atoms with E-state index in [0.717, 1.165) is 19.9 Å². The van der Waals surface area contributed by atoms with E-state index in [1.54, 1.807) is 0 Å². The summed E-state index contributed by atoms with van der Waals surface area (Å²) < 4.78 is 0. The molecule has 0 fully saturated rings. The van der Waals surface area contributed by atoms with Gasteiger partial charge in [-0.15, -0.1) is 0 Å². The SMILES string of the molecule is [TeH][Se][Se][TeH]. The van der Waals surface area contributed by atoms with E-state index in [0.29, 0.717) is 0 Å². The van der Waals surface area contributed by atoms with Crippen LogP contribution in [-0.2, 0) is 0 Å². The van der Waals surface area contributed by atoms with Gasteiger partial charge in [0.25, 0.3) is 0 Å². The summed E-state index contributed by atoms with van der Waals surface area (Å²) in [5.74, 6) is 0. The second kappa shape index (κ2) is 5.62. The van der Waals surface area contributed by atoms with Crippen molar-refractivity contribution in [2.24, 2.45) is 0 Å². The standard InChI is InChI=1S/H2Se2Te2/c3-1-2-4/h3-4H. The molecule has 0 aromatic rings. The van der Waals surface area contributed by atoms with Crippen LogP contribution in [0.15, 0.2) is 0 Å². The topological polar surface area (TPSA) is 0 Å². The van der Waals surface area contributed by atoms with Crippen LogP contribution >= 0.6 is 0 Å². The van der Waals surface area contributed by atoms with Crippen molar-refractivity contribution >= 4 is 60.0 Å². The third-order valence-electron chi connectivity index (χ3n) is 0.0333. The Hall–Kier alpha value is 2.62. The van der Waals surface area contributed by atoms with E-state index < -0.39 is 0 Å². The minimum absolute atomic E-state index is 1.05. The zero-order valence-corrected chi connectivity index (χ0v) is 10.2. The Kier molecular flexibility index (Phi) is 9.30. The fraction of sp³-hybridized carbons (Fsp3) is 0. The first-order valence-corrected chi connectivity index (χ1v) is 17.2. The molecule has 0 aliphatic rings. The van der Waals surface area contributed by atoms with E-state index in [1.165, 1.54) is 0 Å². The van der Waals surface area contributed by atoms with Gasteiger partial charge in [0, 0.05) is 0 Å². The van der Waals surface area contributed by atoms with Gasteiger partial charge in [0.05, 0.1) is 0 Å². The summed E-state index contributed by atoms with van der Waals surface area (Å²) in [6.07, 6.45) is 0. The second-order valence-electron chi connectivity index (χ2n) is 0.149. The van der Waals surface area contributed by atoms with E-state index in [-0.39, 0.29) is 0 Å². The molecule has 0 radical (unpaired) electrons. The first kappa shape index (κ1) is 6.62. The van der Waals surface area contributed by atoms with Crippen LogP contribution in [0.3, 0.4) is 0 Å². The molecule has 0 amide bonds. The van der Waals surface area contributed by atoms with Gasteiger partial charge in [-0.1, -0.05) is 0 Å². The minimum atomic E-state index is 1.05. The molecule has 0 aromatic heterocycles. The molecule has 0 heterocycles. The molecule has 0 rings (SSSR count). The maximum atomic E-state index is 2.00. The molecule has 0 aromatic carbocycles. The molecule has 0 saturated carbocycles. The van der Waals surface area contributed by atoms with Crippen LogP contribution in [0.2, 0.25) is 0 Å². The third kappa shape index (κ3) is 4.62. The molecule has 4 heteroatoms. The Labute approximate surface area is 58.8 Å². The average molecular weight is 415 g/mol. The van der Waals surface area contributed by atoms with E-state index in [2.05, 4.69) is 0 Å². The maximum absolute atomic E-state index is 2.00. The molecule has 0 bridgehead atoms. The van der Waals surface area contributed by atoms with Gasteiger partial charge in [0.2, 0.25) is 0 Å². The molecule has 0 nitrogen and oxygen atoms in total. The van der Waals surface area contributed by atoms with E-state index in [9.17, 15) is 0 Å². The molecule has 4 heavy (non-hydrogen) atoms. The average Bonchev–Trinajstić information content (AvgIpc) is 1.37. The van der Waals surface area contributed by atoms with Gasteiger partial charge in [-0.25, -0.2) is 0 Å². The Bertz CT molecular complexity index is 6.00. The van der Waals surface area contributed by atoms with E-state index >= 15 is 0 Å². The van der Waals surface area contributed by atoms with E-state index in [1.807, 2.05) is 40.1 Å². The number of rotatable bonds is 1. The van der Waals surface area contributed by atoms with Crippen molar-refractivity contribution in [1.29, 1.82) is 0 Å². The molecule has 0 saturated heterocycles. The molecule has 0 N–H and O–H groups in total. The summed E-state index contributed by atoms with van der Waals surface area (Å²) in [5.41, 5.74) is 0. The monoisotopic (exact) mass is 422 g/mol. The normalized spacial score (nSPS) is 7.50. The molecular formula is H2Se2Te2. The van der Waals surface area contributed by atoms with Crippen molar-refractivity contribution in [2.75, 3.05) is 0 Å². The first-order chi connectivity index (χ1) is 1.91. The van der Waals surface area contributed by atoms with Crippen molar-refractivity contribution in [3.8, 4) is 0 Å². The predicted molar refractivity (Wildman–Crippen MR) is 25.8 cm³/mol. The van der Waals surface area contributed by atoms with Crippen LogP contribution < -0.4 is 0 Å². The summed E-state index contributed by atoms with van der Waals surface area (Å²) >= 11 is 4.00. The number of hydrogen-bond donors (Lipinski definition) is 0. The molecule has 0 aliphatic carbocycles. The van der Waals surface area contributed by atoms with Crippen molar-refractivity contribution in [3.05, 3.63) is 0 Å². The molecule has 26 valence electrons. The quantitative estimate of drug-likeness (QED) is 0.433. The summed E-state index contributed by atoms with van der Waals surface area (Å²) in [6, 6.07) is 0. The van der Waals surface area contributed by atoms with Crippen LogP contribution in [0.4, 0.5) is 0 Å². The van der Waals surface area contributed by atoms with Crippen LogP contribution in [0.1, 0.15) is 0 Å². The first-order valence-electron chi connectivity index (χ1n) is 0.532. The van der Waals surface area contributed by atoms with Gasteiger partial charge in [-0.3, -0.25) is 0 Å². The molecule has 0 unspecified atom stereocenters. The molecule has 0 aliphatic heterocycles. The fourth-order valence-electron chi connectivity index (χ4n) is 0. The van der Waals surface area contributed by atoms with Crippen LogP contribution in [0, 0.1) is 0 Å². The predicted octanol–water partition coefficient (Wildman–Crippen LogP) is -2.06. The zero-order chi connectivity index (χ0) is 3.41. The summed E-state index contributed by atoms with van der Waals surface area (Å²) in [7, 11) is 2.10.